The summed E-state index contributed by atoms with van der Waals surface area (Å²) in [4.78, 5) is 9.94. The average molecular weight is 482 g/mol. The number of hydrogen-bond acceptors (Lipinski definition) is 5. The summed E-state index contributed by atoms with van der Waals surface area (Å²) in [5.74, 6) is 7.24. The van der Waals surface area contributed by atoms with Gasteiger partial charge in [0, 0.05) is 29.3 Å². The summed E-state index contributed by atoms with van der Waals surface area (Å²) in [6, 6.07) is 17.5. The van der Waals surface area contributed by atoms with Crippen LogP contribution in [0, 0.1) is 17.7 Å². The molecule has 2 aromatic carbocycles. The quantitative estimate of drug-likeness (QED) is 0.308. The molecular formula is C28H24FN5S. The van der Waals surface area contributed by atoms with Crippen LogP contribution >= 0.6 is 11.3 Å². The molecule has 7 heteroatoms. The summed E-state index contributed by atoms with van der Waals surface area (Å²) >= 11 is 1.62. The SMILES string of the molecule is Fc1cccc(CCn2ccc3cc(Nc4ncnc5cc(C#C[C@H]6CCCN6)sc45)ccc32)c1. The molecule has 1 aliphatic heterocycles. The molecule has 0 spiro atoms. The standard InChI is InChI=1S/C28H24FN5S/c29-21-4-1-3-19(15-21)10-13-34-14-11-20-16-23(7-9-26(20)34)33-28-27-25(31-18-32-28)17-24(35-27)8-6-22-5-2-12-30-22/h1,3-4,7,9,11,14-18,22,30H,2,5,10,12-13H2,(H,31,32,33)/t22-/m1/s1. The lowest BCUT2D eigenvalue weighted by molar-refractivity contribution is 0.622. The van der Waals surface area contributed by atoms with Crippen molar-refractivity contribution in [3.8, 4) is 11.8 Å². The zero-order valence-electron chi connectivity index (χ0n) is 19.1. The third-order valence-corrected chi connectivity index (χ3v) is 7.35. The van der Waals surface area contributed by atoms with Gasteiger partial charge in [-0.1, -0.05) is 24.0 Å². The van der Waals surface area contributed by atoms with Gasteiger partial charge in [0.15, 0.2) is 5.82 Å². The van der Waals surface area contributed by atoms with Gasteiger partial charge in [-0.05, 0) is 73.8 Å². The molecule has 0 aliphatic carbocycles. The van der Waals surface area contributed by atoms with Crippen LogP contribution in [0.4, 0.5) is 15.9 Å². The fraction of sp³-hybridized carbons (Fsp3) is 0.214. The number of anilines is 2. The largest absolute Gasteiger partial charge is 0.347 e. The van der Waals surface area contributed by atoms with Crippen molar-refractivity contribution in [2.24, 2.45) is 0 Å². The molecule has 3 aromatic heterocycles. The molecule has 0 amide bonds. The Balaban J connectivity index is 1.21. The van der Waals surface area contributed by atoms with E-state index in [1.807, 2.05) is 12.1 Å². The number of fused-ring (bicyclic) bond motifs is 2. The van der Waals surface area contributed by atoms with Gasteiger partial charge in [-0.15, -0.1) is 11.3 Å². The van der Waals surface area contributed by atoms with Crippen LogP contribution in [0.5, 0.6) is 0 Å². The monoisotopic (exact) mass is 481 g/mol. The van der Waals surface area contributed by atoms with E-state index in [1.165, 1.54) is 12.5 Å². The summed E-state index contributed by atoms with van der Waals surface area (Å²) in [6.45, 7) is 1.84. The van der Waals surface area contributed by atoms with Gasteiger partial charge in [0.2, 0.25) is 0 Å². The summed E-state index contributed by atoms with van der Waals surface area (Å²) in [7, 11) is 0. The third-order valence-electron chi connectivity index (χ3n) is 6.31. The van der Waals surface area contributed by atoms with E-state index < -0.39 is 0 Å². The highest BCUT2D eigenvalue weighted by molar-refractivity contribution is 7.20. The Hall–Kier alpha value is -3.73. The molecule has 5 nitrogen and oxygen atoms in total. The van der Waals surface area contributed by atoms with Crippen LogP contribution in [0.3, 0.4) is 0 Å². The number of nitrogens with one attached hydrogen (secondary N) is 2. The molecule has 6 rings (SSSR count). The minimum absolute atomic E-state index is 0.190. The fourth-order valence-electron chi connectivity index (χ4n) is 4.52. The minimum Gasteiger partial charge on any atom is -0.347 e. The van der Waals surface area contributed by atoms with Crippen molar-refractivity contribution in [3.05, 3.63) is 83.4 Å². The van der Waals surface area contributed by atoms with Gasteiger partial charge in [-0.3, -0.25) is 0 Å². The first-order chi connectivity index (χ1) is 17.2. The van der Waals surface area contributed by atoms with Gasteiger partial charge in [-0.2, -0.15) is 0 Å². The maximum atomic E-state index is 13.5. The van der Waals surface area contributed by atoms with Gasteiger partial charge < -0.3 is 15.2 Å². The normalized spacial score (nSPS) is 15.4. The van der Waals surface area contributed by atoms with Gasteiger partial charge in [0.05, 0.1) is 21.1 Å². The topological polar surface area (TPSA) is 54.8 Å². The second-order valence-corrected chi connectivity index (χ2v) is 9.81. The highest BCUT2D eigenvalue weighted by atomic mass is 32.1. The number of benzene rings is 2. The Morgan fingerprint density at radius 2 is 2.11 bits per heavy atom. The smallest absolute Gasteiger partial charge is 0.151 e. The lowest BCUT2D eigenvalue weighted by Crippen LogP contribution is -2.18. The van der Waals surface area contributed by atoms with Crippen molar-refractivity contribution in [3.63, 3.8) is 0 Å². The second kappa shape index (κ2) is 9.49. The number of halogens is 1. The van der Waals surface area contributed by atoms with Crippen LogP contribution in [0.1, 0.15) is 23.3 Å². The van der Waals surface area contributed by atoms with E-state index >= 15 is 0 Å². The molecule has 1 fully saturated rings. The number of aromatic nitrogens is 3. The first-order valence-electron chi connectivity index (χ1n) is 11.8. The van der Waals surface area contributed by atoms with Crippen LogP contribution in [-0.4, -0.2) is 27.1 Å². The Bertz CT molecular complexity index is 1570. The summed E-state index contributed by atoms with van der Waals surface area (Å²) in [5.41, 5.74) is 4.02. The van der Waals surface area contributed by atoms with Crippen molar-refractivity contribution in [1.82, 2.24) is 19.9 Å². The van der Waals surface area contributed by atoms with Crippen molar-refractivity contribution >= 4 is 44.0 Å². The first-order valence-corrected chi connectivity index (χ1v) is 12.6. The van der Waals surface area contributed by atoms with Crippen molar-refractivity contribution < 1.29 is 4.39 Å². The highest BCUT2D eigenvalue weighted by Gasteiger charge is 2.12. The molecule has 4 heterocycles. The molecule has 1 aliphatic rings. The summed E-state index contributed by atoms with van der Waals surface area (Å²) < 4.78 is 16.7. The summed E-state index contributed by atoms with van der Waals surface area (Å²) in [6.07, 6.45) is 6.75. The van der Waals surface area contributed by atoms with Gasteiger partial charge in [0.1, 0.15) is 12.1 Å². The van der Waals surface area contributed by atoms with Gasteiger partial charge in [-0.25, -0.2) is 14.4 Å². The maximum Gasteiger partial charge on any atom is 0.151 e. The van der Waals surface area contributed by atoms with E-state index in [4.69, 9.17) is 0 Å². The molecule has 5 aromatic rings. The summed E-state index contributed by atoms with van der Waals surface area (Å²) in [5, 5.41) is 8.02. The van der Waals surface area contributed by atoms with E-state index in [0.717, 1.165) is 69.0 Å². The van der Waals surface area contributed by atoms with Gasteiger partial charge in [0.25, 0.3) is 0 Å². The van der Waals surface area contributed by atoms with Gasteiger partial charge >= 0.3 is 0 Å². The zero-order chi connectivity index (χ0) is 23.6. The number of aryl methyl sites for hydroxylation is 2. The van der Waals surface area contributed by atoms with Crippen LogP contribution in [0.25, 0.3) is 21.1 Å². The number of nitrogens with zero attached hydrogens (tertiary/aromatic N) is 3. The van der Waals surface area contributed by atoms with Crippen LogP contribution in [-0.2, 0) is 13.0 Å². The second-order valence-electron chi connectivity index (χ2n) is 8.75. The highest BCUT2D eigenvalue weighted by Crippen LogP contribution is 2.31. The van der Waals surface area contributed by atoms with E-state index in [0.29, 0.717) is 0 Å². The van der Waals surface area contributed by atoms with Crippen LogP contribution < -0.4 is 10.6 Å². The van der Waals surface area contributed by atoms with Crippen LogP contribution in [0.15, 0.2) is 67.1 Å². The first kappa shape index (κ1) is 21.8. The molecular weight excluding hydrogens is 457 g/mol. The molecule has 0 unspecified atom stereocenters. The van der Waals surface area contributed by atoms with Crippen LogP contribution in [0.2, 0.25) is 0 Å². The minimum atomic E-state index is -0.190. The maximum absolute atomic E-state index is 13.5. The lowest BCUT2D eigenvalue weighted by atomic mass is 10.1. The average Bonchev–Trinajstić information content (AvgIpc) is 3.61. The molecule has 0 radical (unpaired) electrons. The molecule has 1 saturated heterocycles. The van der Waals surface area contributed by atoms with Crippen molar-refractivity contribution in [1.29, 1.82) is 0 Å². The molecule has 35 heavy (non-hydrogen) atoms. The number of rotatable bonds is 5. The predicted molar refractivity (Wildman–Crippen MR) is 141 cm³/mol. The van der Waals surface area contributed by atoms with Crippen molar-refractivity contribution in [2.45, 2.75) is 31.8 Å². The third kappa shape index (κ3) is 4.76. The van der Waals surface area contributed by atoms with Crippen molar-refractivity contribution in [2.75, 3.05) is 11.9 Å². The van der Waals surface area contributed by atoms with E-state index in [-0.39, 0.29) is 11.9 Å². The zero-order valence-corrected chi connectivity index (χ0v) is 19.9. The molecule has 0 saturated carbocycles. The molecule has 0 bridgehead atoms. The Morgan fingerprint density at radius 1 is 1.14 bits per heavy atom. The number of thiophene rings is 1. The Kier molecular flexibility index (Phi) is 5.91. The fourth-order valence-corrected chi connectivity index (χ4v) is 5.44. The molecule has 174 valence electrons. The Morgan fingerprint density at radius 3 is 3.00 bits per heavy atom. The van der Waals surface area contributed by atoms with E-state index in [2.05, 4.69) is 67.5 Å². The number of hydrogen-bond donors (Lipinski definition) is 2. The van der Waals surface area contributed by atoms with E-state index in [9.17, 15) is 4.39 Å². The lowest BCUT2D eigenvalue weighted by Gasteiger charge is -2.09. The molecule has 1 atom stereocenters. The Labute approximate surface area is 207 Å². The predicted octanol–water partition coefficient (Wildman–Crippen LogP) is 5.87. The van der Waals surface area contributed by atoms with E-state index in [1.54, 1.807) is 29.8 Å². The molecule has 2 N–H and O–H groups in total.